The van der Waals surface area contributed by atoms with Crippen molar-refractivity contribution >= 4 is 40.7 Å². The molecule has 0 N–H and O–H groups in total. The second-order valence-electron chi connectivity index (χ2n) is 9.01. The average Bonchev–Trinajstić information content (AvgIpc) is 3.27. The molecule has 4 aromatic rings. The van der Waals surface area contributed by atoms with E-state index in [1.165, 1.54) is 17.3 Å². The number of ether oxygens (including phenoxy) is 1. The second-order valence-corrected chi connectivity index (χ2v) is 10.8. The predicted octanol–water partition coefficient (Wildman–Crippen LogP) is 7.52. The van der Waals surface area contributed by atoms with Gasteiger partial charge in [-0.1, -0.05) is 80.0 Å². The standard InChI is InChI=1S/C27H25Cl2N3O2S/c1-27(2,3)19-8-5-17(6-9-19)25-30-31-26(32(25)20-10-12-21(34-4)13-11-20)35-16-24(33)18-7-14-22(28)23(29)15-18/h5-15H,16H2,1-4H3. The first kappa shape index (κ1) is 25.3. The van der Waals surface area contributed by atoms with E-state index in [0.29, 0.717) is 26.6 Å². The number of carbonyl (C=O) groups excluding carboxylic acids is 1. The molecule has 0 aliphatic heterocycles. The minimum absolute atomic E-state index is 0.0497. The molecule has 0 unspecified atom stereocenters. The van der Waals surface area contributed by atoms with Crippen molar-refractivity contribution in [2.45, 2.75) is 31.3 Å². The smallest absolute Gasteiger partial charge is 0.196 e. The van der Waals surface area contributed by atoms with Crippen LogP contribution in [0.5, 0.6) is 5.75 Å². The summed E-state index contributed by atoms with van der Waals surface area (Å²) in [6, 6.07) is 20.9. The molecule has 3 aromatic carbocycles. The van der Waals surface area contributed by atoms with Crippen molar-refractivity contribution in [1.82, 2.24) is 14.8 Å². The largest absolute Gasteiger partial charge is 0.497 e. The number of halogens is 2. The van der Waals surface area contributed by atoms with Crippen LogP contribution < -0.4 is 4.74 Å². The van der Waals surface area contributed by atoms with E-state index in [9.17, 15) is 4.79 Å². The summed E-state index contributed by atoms with van der Waals surface area (Å²) in [6.45, 7) is 6.55. The lowest BCUT2D eigenvalue weighted by atomic mass is 9.87. The molecule has 0 saturated carbocycles. The summed E-state index contributed by atoms with van der Waals surface area (Å²) in [7, 11) is 1.63. The third-order valence-corrected chi connectivity index (χ3v) is 7.22. The number of carbonyl (C=O) groups is 1. The van der Waals surface area contributed by atoms with E-state index in [1.54, 1.807) is 25.3 Å². The first-order valence-electron chi connectivity index (χ1n) is 11.0. The van der Waals surface area contributed by atoms with Crippen molar-refractivity contribution < 1.29 is 9.53 Å². The number of hydrogen-bond donors (Lipinski definition) is 0. The summed E-state index contributed by atoms with van der Waals surface area (Å²) in [5.41, 5.74) is 3.59. The van der Waals surface area contributed by atoms with Gasteiger partial charge in [0, 0.05) is 16.8 Å². The van der Waals surface area contributed by atoms with E-state index < -0.39 is 0 Å². The van der Waals surface area contributed by atoms with Crippen molar-refractivity contribution in [2.24, 2.45) is 0 Å². The zero-order valence-corrected chi connectivity index (χ0v) is 22.2. The number of methoxy groups -OCH3 is 1. The first-order valence-corrected chi connectivity index (χ1v) is 12.7. The van der Waals surface area contributed by atoms with Gasteiger partial charge in [0.05, 0.1) is 22.9 Å². The Morgan fingerprint density at radius 1 is 0.943 bits per heavy atom. The normalized spacial score (nSPS) is 11.5. The number of nitrogens with zero attached hydrogens (tertiary/aromatic N) is 3. The van der Waals surface area contributed by atoms with Crippen molar-refractivity contribution in [3.63, 3.8) is 0 Å². The van der Waals surface area contributed by atoms with Crippen LogP contribution in [0.4, 0.5) is 0 Å². The first-order chi connectivity index (χ1) is 16.7. The fourth-order valence-corrected chi connectivity index (χ4v) is 4.66. The number of hydrogen-bond acceptors (Lipinski definition) is 5. The Labute approximate surface area is 219 Å². The molecule has 0 fully saturated rings. The van der Waals surface area contributed by atoms with Gasteiger partial charge in [0.25, 0.3) is 0 Å². The van der Waals surface area contributed by atoms with Crippen LogP contribution in [0.2, 0.25) is 10.0 Å². The van der Waals surface area contributed by atoms with Crippen LogP contribution in [0.15, 0.2) is 71.9 Å². The molecule has 0 aliphatic carbocycles. The lowest BCUT2D eigenvalue weighted by Crippen LogP contribution is -2.10. The molecule has 0 amide bonds. The molecule has 0 aliphatic rings. The van der Waals surface area contributed by atoms with Gasteiger partial charge in [0.2, 0.25) is 0 Å². The lowest BCUT2D eigenvalue weighted by Gasteiger charge is -2.19. The highest BCUT2D eigenvalue weighted by Crippen LogP contribution is 2.31. The fourth-order valence-electron chi connectivity index (χ4n) is 3.52. The molecule has 0 saturated heterocycles. The molecule has 0 bridgehead atoms. The highest BCUT2D eigenvalue weighted by Gasteiger charge is 2.20. The third kappa shape index (κ3) is 5.72. The van der Waals surface area contributed by atoms with Crippen LogP contribution in [0.1, 0.15) is 36.7 Å². The second kappa shape index (κ2) is 10.4. The molecule has 0 atom stereocenters. The average molecular weight is 526 g/mol. The van der Waals surface area contributed by atoms with Crippen molar-refractivity contribution in [3.8, 4) is 22.8 Å². The Kier molecular flexibility index (Phi) is 7.55. The SMILES string of the molecule is COc1ccc(-n2c(SCC(=O)c3ccc(Cl)c(Cl)c3)nnc2-c2ccc(C(C)(C)C)cc2)cc1. The Morgan fingerprint density at radius 3 is 2.23 bits per heavy atom. The summed E-state index contributed by atoms with van der Waals surface area (Å²) in [5.74, 6) is 1.55. The maximum absolute atomic E-state index is 12.8. The molecule has 1 aromatic heterocycles. The van der Waals surface area contributed by atoms with Gasteiger partial charge in [-0.15, -0.1) is 10.2 Å². The Hall–Kier alpha value is -2.80. The van der Waals surface area contributed by atoms with Crippen LogP contribution in [0.25, 0.3) is 17.1 Å². The molecule has 4 rings (SSSR count). The van der Waals surface area contributed by atoms with E-state index in [2.05, 4.69) is 55.2 Å². The highest BCUT2D eigenvalue weighted by molar-refractivity contribution is 7.99. The number of Topliss-reactive ketones (excluding diaryl/α,β-unsaturated/α-hetero) is 1. The van der Waals surface area contributed by atoms with Gasteiger partial charge in [0.15, 0.2) is 16.8 Å². The van der Waals surface area contributed by atoms with E-state index >= 15 is 0 Å². The van der Waals surface area contributed by atoms with Crippen molar-refractivity contribution in [2.75, 3.05) is 12.9 Å². The quantitative estimate of drug-likeness (QED) is 0.184. The van der Waals surface area contributed by atoms with Crippen LogP contribution in [0, 0.1) is 0 Å². The van der Waals surface area contributed by atoms with Crippen molar-refractivity contribution in [3.05, 3.63) is 87.9 Å². The zero-order valence-electron chi connectivity index (χ0n) is 19.9. The Bertz CT molecular complexity index is 1340. The molecule has 1 heterocycles. The monoisotopic (exact) mass is 525 g/mol. The number of rotatable bonds is 7. The Morgan fingerprint density at radius 2 is 1.63 bits per heavy atom. The minimum Gasteiger partial charge on any atom is -0.497 e. The minimum atomic E-state index is -0.0751. The number of ketones is 1. The molecule has 5 nitrogen and oxygen atoms in total. The highest BCUT2D eigenvalue weighted by atomic mass is 35.5. The molecule has 0 spiro atoms. The van der Waals surface area contributed by atoms with Crippen molar-refractivity contribution in [1.29, 1.82) is 0 Å². The van der Waals surface area contributed by atoms with Crippen LogP contribution >= 0.6 is 35.0 Å². The van der Waals surface area contributed by atoms with Crippen LogP contribution in [-0.4, -0.2) is 33.4 Å². The van der Waals surface area contributed by atoms with Gasteiger partial charge >= 0.3 is 0 Å². The topological polar surface area (TPSA) is 57.0 Å². The predicted molar refractivity (Wildman–Crippen MR) is 144 cm³/mol. The molecule has 35 heavy (non-hydrogen) atoms. The van der Waals surface area contributed by atoms with Crippen LogP contribution in [0.3, 0.4) is 0 Å². The lowest BCUT2D eigenvalue weighted by molar-refractivity contribution is 0.102. The molecular weight excluding hydrogens is 501 g/mol. The number of thioether (sulfide) groups is 1. The molecule has 8 heteroatoms. The van der Waals surface area contributed by atoms with Gasteiger partial charge in [0.1, 0.15) is 5.75 Å². The van der Waals surface area contributed by atoms with Gasteiger partial charge < -0.3 is 4.74 Å². The molecule has 0 radical (unpaired) electrons. The number of aromatic nitrogens is 3. The van der Waals surface area contributed by atoms with Gasteiger partial charge in [-0.2, -0.15) is 0 Å². The van der Waals surface area contributed by atoms with Gasteiger partial charge in [-0.25, -0.2) is 0 Å². The Balaban J connectivity index is 1.68. The third-order valence-electron chi connectivity index (χ3n) is 5.55. The number of benzene rings is 3. The zero-order chi connectivity index (χ0) is 25.2. The van der Waals surface area contributed by atoms with Gasteiger partial charge in [-0.3, -0.25) is 9.36 Å². The van der Waals surface area contributed by atoms with E-state index in [0.717, 1.165) is 17.0 Å². The molecule has 180 valence electrons. The summed E-state index contributed by atoms with van der Waals surface area (Å²) in [4.78, 5) is 12.8. The van der Waals surface area contributed by atoms with E-state index in [1.807, 2.05) is 28.8 Å². The summed E-state index contributed by atoms with van der Waals surface area (Å²) in [6.07, 6.45) is 0. The summed E-state index contributed by atoms with van der Waals surface area (Å²) >= 11 is 13.4. The molecular formula is C27H25Cl2N3O2S. The summed E-state index contributed by atoms with van der Waals surface area (Å²) < 4.78 is 7.27. The summed E-state index contributed by atoms with van der Waals surface area (Å²) in [5, 5.41) is 10.3. The van der Waals surface area contributed by atoms with Gasteiger partial charge in [-0.05, 0) is 53.4 Å². The van der Waals surface area contributed by atoms with Crippen LogP contribution in [-0.2, 0) is 5.41 Å². The van der Waals surface area contributed by atoms with E-state index in [-0.39, 0.29) is 17.0 Å². The fraction of sp³-hybridized carbons (Fsp3) is 0.222. The van der Waals surface area contributed by atoms with E-state index in [4.69, 9.17) is 27.9 Å². The maximum atomic E-state index is 12.8. The maximum Gasteiger partial charge on any atom is 0.196 e.